The molecule has 4 heteroatoms. The first-order valence-electron chi connectivity index (χ1n) is 4.94. The Kier molecular flexibility index (Phi) is 3.70. The molecule has 0 aliphatic carbocycles. The molecule has 0 radical (unpaired) electrons. The lowest BCUT2D eigenvalue weighted by molar-refractivity contribution is 0.929. The summed E-state index contributed by atoms with van der Waals surface area (Å²) in [6.07, 6.45) is 0. The van der Waals surface area contributed by atoms with E-state index in [2.05, 4.69) is 63.5 Å². The Hall–Kier alpha value is -0.750. The highest BCUT2D eigenvalue weighted by Gasteiger charge is 2.06. The molecule has 0 aliphatic heterocycles. The molecule has 0 amide bonds. The van der Waals surface area contributed by atoms with Crippen LogP contribution in [0.1, 0.15) is 5.56 Å². The van der Waals surface area contributed by atoms with Gasteiger partial charge in [-0.1, -0.05) is 0 Å². The number of rotatable bonds is 3. The highest BCUT2D eigenvalue weighted by molar-refractivity contribution is 14.1. The molecule has 2 nitrogen and oxygen atoms in total. The predicted octanol–water partition coefficient (Wildman–Crippen LogP) is 3.57. The predicted molar refractivity (Wildman–Crippen MR) is 80.0 cm³/mol. The molecule has 2 aromatic rings. The summed E-state index contributed by atoms with van der Waals surface area (Å²) in [6.45, 7) is 0.897. The first kappa shape index (κ1) is 11.7. The first-order valence-corrected chi connectivity index (χ1v) is 6.96. The number of hydrogen-bond acceptors (Lipinski definition) is 3. The zero-order valence-corrected chi connectivity index (χ0v) is 12.0. The van der Waals surface area contributed by atoms with E-state index in [-0.39, 0.29) is 0 Å². The number of benzene rings is 1. The molecular weight excluding hydrogens is 331 g/mol. The molecule has 0 spiro atoms. The maximum atomic E-state index is 6.01. The summed E-state index contributed by atoms with van der Waals surface area (Å²) in [6, 6.07) is 8.30. The summed E-state index contributed by atoms with van der Waals surface area (Å²) in [5.74, 6) is 0. The summed E-state index contributed by atoms with van der Waals surface area (Å²) in [4.78, 5) is 2.17. The monoisotopic (exact) mass is 344 g/mol. The molecule has 0 saturated carbocycles. The molecule has 1 heterocycles. The number of nitrogen functional groups attached to an aromatic ring is 1. The Balaban J connectivity index is 2.17. The van der Waals surface area contributed by atoms with Crippen molar-refractivity contribution < 1.29 is 0 Å². The second-order valence-corrected chi connectivity index (χ2v) is 5.72. The zero-order valence-electron chi connectivity index (χ0n) is 8.98. The molecule has 1 aromatic heterocycles. The molecule has 1 aromatic carbocycles. The fraction of sp³-hybridized carbons (Fsp3) is 0.167. The average molecular weight is 344 g/mol. The van der Waals surface area contributed by atoms with Crippen molar-refractivity contribution in [1.29, 1.82) is 0 Å². The number of hydrogen-bond donors (Lipinski definition) is 1. The Morgan fingerprint density at radius 3 is 2.81 bits per heavy atom. The van der Waals surface area contributed by atoms with Crippen molar-refractivity contribution in [3.8, 4) is 0 Å². The van der Waals surface area contributed by atoms with Gasteiger partial charge >= 0.3 is 0 Å². The van der Waals surface area contributed by atoms with Crippen LogP contribution in [0.5, 0.6) is 0 Å². The molecule has 2 N–H and O–H groups in total. The summed E-state index contributed by atoms with van der Waals surface area (Å²) >= 11 is 4.00. The van der Waals surface area contributed by atoms with Crippen LogP contribution in [0.4, 0.5) is 11.4 Å². The minimum Gasteiger partial charge on any atom is -0.397 e. The van der Waals surface area contributed by atoms with Gasteiger partial charge in [-0.25, -0.2) is 0 Å². The second-order valence-electron chi connectivity index (χ2n) is 3.69. The Bertz CT molecular complexity index is 468. The van der Waals surface area contributed by atoms with Crippen LogP contribution in [0.15, 0.2) is 35.0 Å². The average Bonchev–Trinajstić information content (AvgIpc) is 2.70. The number of thiophene rings is 1. The molecule has 0 aliphatic rings. The van der Waals surface area contributed by atoms with Crippen LogP contribution in [0.25, 0.3) is 0 Å². The van der Waals surface area contributed by atoms with E-state index in [1.165, 1.54) is 9.13 Å². The van der Waals surface area contributed by atoms with Gasteiger partial charge in [-0.05, 0) is 63.2 Å². The third kappa shape index (κ3) is 2.68. The highest BCUT2D eigenvalue weighted by atomic mass is 127. The molecule has 84 valence electrons. The molecule has 2 rings (SSSR count). The maximum absolute atomic E-state index is 6.01. The third-order valence-corrected chi connectivity index (χ3v) is 3.80. The van der Waals surface area contributed by atoms with Crippen molar-refractivity contribution in [3.63, 3.8) is 0 Å². The van der Waals surface area contributed by atoms with Gasteiger partial charge in [0.1, 0.15) is 0 Å². The van der Waals surface area contributed by atoms with Gasteiger partial charge in [0.25, 0.3) is 0 Å². The summed E-state index contributed by atoms with van der Waals surface area (Å²) in [7, 11) is 2.07. The van der Waals surface area contributed by atoms with Gasteiger partial charge in [0.2, 0.25) is 0 Å². The fourth-order valence-electron chi connectivity index (χ4n) is 1.61. The van der Waals surface area contributed by atoms with E-state index in [0.717, 1.165) is 17.9 Å². The Morgan fingerprint density at radius 1 is 1.38 bits per heavy atom. The summed E-state index contributed by atoms with van der Waals surface area (Å²) in [5.41, 5.74) is 9.26. The van der Waals surface area contributed by atoms with Crippen molar-refractivity contribution in [2.24, 2.45) is 0 Å². The maximum Gasteiger partial charge on any atom is 0.0601 e. The summed E-state index contributed by atoms with van der Waals surface area (Å²) < 4.78 is 1.17. The van der Waals surface area contributed by atoms with Gasteiger partial charge in [-0.3, -0.25) is 0 Å². The SMILES string of the molecule is CN(Cc1ccsc1)c1ccc(I)cc1N. The smallest absolute Gasteiger partial charge is 0.0601 e. The van der Waals surface area contributed by atoms with Crippen molar-refractivity contribution in [3.05, 3.63) is 44.2 Å². The number of anilines is 2. The number of nitrogens with two attached hydrogens (primary N) is 1. The van der Waals surface area contributed by atoms with Crippen molar-refractivity contribution in [2.45, 2.75) is 6.54 Å². The van der Waals surface area contributed by atoms with Crippen LogP contribution in [0, 0.1) is 3.57 Å². The molecule has 0 bridgehead atoms. The van der Waals surface area contributed by atoms with Gasteiger partial charge in [-0.15, -0.1) is 0 Å². The van der Waals surface area contributed by atoms with Gasteiger partial charge < -0.3 is 10.6 Å². The van der Waals surface area contributed by atoms with Crippen molar-refractivity contribution in [1.82, 2.24) is 0 Å². The van der Waals surface area contributed by atoms with E-state index < -0.39 is 0 Å². The van der Waals surface area contributed by atoms with Crippen LogP contribution in [-0.2, 0) is 6.54 Å². The van der Waals surface area contributed by atoms with Crippen molar-refractivity contribution >= 4 is 45.3 Å². The molecule has 16 heavy (non-hydrogen) atoms. The van der Waals surface area contributed by atoms with E-state index in [0.29, 0.717) is 0 Å². The molecular formula is C12H13IN2S. The van der Waals surface area contributed by atoms with Crippen LogP contribution >= 0.6 is 33.9 Å². The lowest BCUT2D eigenvalue weighted by atomic mass is 10.2. The molecule has 0 fully saturated rings. The lowest BCUT2D eigenvalue weighted by Crippen LogP contribution is -2.17. The largest absolute Gasteiger partial charge is 0.397 e. The standard InChI is InChI=1S/C12H13IN2S/c1-15(7-9-4-5-16-8-9)12-3-2-10(13)6-11(12)14/h2-6,8H,7,14H2,1H3. The van der Waals surface area contributed by atoms with Gasteiger partial charge in [0.05, 0.1) is 11.4 Å². The first-order chi connectivity index (χ1) is 7.66. The molecule has 0 atom stereocenters. The normalized spacial score (nSPS) is 10.4. The van der Waals surface area contributed by atoms with Crippen LogP contribution in [-0.4, -0.2) is 7.05 Å². The molecule has 0 unspecified atom stereocenters. The summed E-state index contributed by atoms with van der Waals surface area (Å²) in [5, 5.41) is 4.26. The van der Waals surface area contributed by atoms with E-state index in [9.17, 15) is 0 Å². The third-order valence-electron chi connectivity index (χ3n) is 2.40. The lowest BCUT2D eigenvalue weighted by Gasteiger charge is -2.20. The fourth-order valence-corrected chi connectivity index (χ4v) is 2.79. The second kappa shape index (κ2) is 5.05. The van der Waals surface area contributed by atoms with Gasteiger partial charge in [0, 0.05) is 17.2 Å². The van der Waals surface area contributed by atoms with Gasteiger partial charge in [-0.2, -0.15) is 11.3 Å². The van der Waals surface area contributed by atoms with Crippen LogP contribution in [0.2, 0.25) is 0 Å². The van der Waals surface area contributed by atoms with E-state index in [1.54, 1.807) is 11.3 Å². The van der Waals surface area contributed by atoms with E-state index in [4.69, 9.17) is 5.73 Å². The van der Waals surface area contributed by atoms with Crippen LogP contribution < -0.4 is 10.6 Å². The minimum atomic E-state index is 0.838. The van der Waals surface area contributed by atoms with Crippen LogP contribution in [0.3, 0.4) is 0 Å². The number of halogens is 1. The number of nitrogens with zero attached hydrogens (tertiary/aromatic N) is 1. The Morgan fingerprint density at radius 2 is 2.19 bits per heavy atom. The Labute approximate surface area is 113 Å². The zero-order chi connectivity index (χ0) is 11.5. The highest BCUT2D eigenvalue weighted by Crippen LogP contribution is 2.25. The molecule has 0 saturated heterocycles. The minimum absolute atomic E-state index is 0.838. The quantitative estimate of drug-likeness (QED) is 0.681. The van der Waals surface area contributed by atoms with Gasteiger partial charge in [0.15, 0.2) is 0 Å². The van der Waals surface area contributed by atoms with Crippen molar-refractivity contribution in [2.75, 3.05) is 17.7 Å². The van der Waals surface area contributed by atoms with E-state index in [1.807, 2.05) is 6.07 Å². The topological polar surface area (TPSA) is 29.3 Å². The van der Waals surface area contributed by atoms with E-state index >= 15 is 0 Å².